The molecule has 13 heteroatoms. The number of hydrogen-bond donors (Lipinski definition) is 0. The van der Waals surface area contributed by atoms with Crippen LogP contribution in [0.5, 0.6) is 0 Å². The molecule has 1 aliphatic heterocycles. The minimum atomic E-state index is -7.23. The molecule has 0 radical (unpaired) electrons. The molecule has 0 bridgehead atoms. The predicted molar refractivity (Wildman–Crippen MR) is 35.8 cm³/mol. The van der Waals surface area contributed by atoms with E-state index in [9.17, 15) is 53.5 Å². The maximum Gasteiger partial charge on any atom is 0.457 e. The van der Waals surface area contributed by atoms with Gasteiger partial charge in [0.2, 0.25) is 0 Å². The Kier molecular flexibility index (Phi) is 3.10. The molecule has 0 aromatic heterocycles. The molecule has 0 aromatic rings. The molecule has 1 saturated heterocycles. The SMILES string of the molecule is O=C1OC(=O)C(F)(C(F)(F)C(F)(F)F)C(F)(F)C1(F)F. The van der Waals surface area contributed by atoms with E-state index in [1.807, 2.05) is 0 Å². The van der Waals surface area contributed by atoms with Gasteiger partial charge in [0, 0.05) is 0 Å². The average Bonchev–Trinajstić information content (AvgIpc) is 2.23. The van der Waals surface area contributed by atoms with Crippen LogP contribution in [0, 0.1) is 0 Å². The lowest BCUT2D eigenvalue weighted by Crippen LogP contribution is -2.77. The van der Waals surface area contributed by atoms with Crippen LogP contribution in [-0.2, 0) is 14.3 Å². The van der Waals surface area contributed by atoms with Crippen LogP contribution in [0.15, 0.2) is 0 Å². The number of halogens is 10. The first kappa shape index (κ1) is 16.5. The number of rotatable bonds is 1. The van der Waals surface area contributed by atoms with E-state index in [1.54, 1.807) is 0 Å². The van der Waals surface area contributed by atoms with Gasteiger partial charge in [-0.1, -0.05) is 0 Å². The zero-order chi connectivity index (χ0) is 16.4. The van der Waals surface area contributed by atoms with Crippen LogP contribution in [-0.4, -0.2) is 41.6 Å². The van der Waals surface area contributed by atoms with Gasteiger partial charge in [0.1, 0.15) is 0 Å². The van der Waals surface area contributed by atoms with Crippen LogP contribution in [0.3, 0.4) is 0 Å². The monoisotopic (exact) mass is 322 g/mol. The zero-order valence-corrected chi connectivity index (χ0v) is 8.50. The summed E-state index contributed by atoms with van der Waals surface area (Å²) in [7, 11) is 0. The molecule has 0 spiro atoms. The first-order valence-corrected chi connectivity index (χ1v) is 4.21. The molecule has 0 aromatic carbocycles. The topological polar surface area (TPSA) is 43.4 Å². The van der Waals surface area contributed by atoms with Gasteiger partial charge >= 0.3 is 41.6 Å². The molecule has 1 fully saturated rings. The maximum atomic E-state index is 13.4. The Morgan fingerprint density at radius 1 is 0.800 bits per heavy atom. The normalized spacial score (nSPS) is 30.1. The predicted octanol–water partition coefficient (Wildman–Crippen LogP) is 2.25. The van der Waals surface area contributed by atoms with Crippen molar-refractivity contribution in [2.75, 3.05) is 0 Å². The second-order valence-electron chi connectivity index (χ2n) is 3.56. The minimum absolute atomic E-state index is 2.57. The fraction of sp³-hybridized carbons (Fsp3) is 0.714. The van der Waals surface area contributed by atoms with E-state index in [0.717, 1.165) is 0 Å². The zero-order valence-electron chi connectivity index (χ0n) is 8.50. The Balaban J connectivity index is 3.63. The van der Waals surface area contributed by atoms with Gasteiger partial charge in [0.25, 0.3) is 0 Å². The molecule has 116 valence electrons. The van der Waals surface area contributed by atoms with E-state index in [0.29, 0.717) is 0 Å². The highest BCUT2D eigenvalue weighted by atomic mass is 19.4. The van der Waals surface area contributed by atoms with Crippen LogP contribution in [0.4, 0.5) is 43.9 Å². The summed E-state index contributed by atoms with van der Waals surface area (Å²) in [5.74, 6) is -27.8. The Bertz CT molecular complexity index is 466. The van der Waals surface area contributed by atoms with E-state index in [4.69, 9.17) is 0 Å². The summed E-state index contributed by atoms with van der Waals surface area (Å²) in [6.45, 7) is 0. The van der Waals surface area contributed by atoms with Crippen LogP contribution < -0.4 is 0 Å². The second kappa shape index (κ2) is 3.75. The molecule has 1 rings (SSSR count). The van der Waals surface area contributed by atoms with Crippen LogP contribution in [0.1, 0.15) is 0 Å². The first-order chi connectivity index (χ1) is 8.55. The molecule has 1 unspecified atom stereocenters. The van der Waals surface area contributed by atoms with Gasteiger partial charge in [-0.3, -0.25) is 0 Å². The van der Waals surface area contributed by atoms with Crippen LogP contribution in [0.2, 0.25) is 0 Å². The Hall–Kier alpha value is -1.56. The quantitative estimate of drug-likeness (QED) is 0.422. The van der Waals surface area contributed by atoms with Crippen molar-refractivity contribution in [2.45, 2.75) is 29.6 Å². The van der Waals surface area contributed by atoms with Crippen LogP contribution >= 0.6 is 0 Å². The summed E-state index contributed by atoms with van der Waals surface area (Å²) in [6.07, 6.45) is -7.12. The van der Waals surface area contributed by atoms with Gasteiger partial charge in [-0.05, 0) is 0 Å². The van der Waals surface area contributed by atoms with E-state index in [1.165, 1.54) is 0 Å². The molecule has 3 nitrogen and oxygen atoms in total. The largest absolute Gasteiger partial charge is 0.457 e. The van der Waals surface area contributed by atoms with Gasteiger partial charge in [-0.2, -0.15) is 39.5 Å². The lowest BCUT2D eigenvalue weighted by atomic mass is 9.84. The van der Waals surface area contributed by atoms with Crippen molar-refractivity contribution >= 4 is 11.9 Å². The Morgan fingerprint density at radius 2 is 1.20 bits per heavy atom. The highest BCUT2D eigenvalue weighted by molar-refractivity contribution is 5.99. The maximum absolute atomic E-state index is 13.4. The van der Waals surface area contributed by atoms with E-state index >= 15 is 0 Å². The van der Waals surface area contributed by atoms with Crippen molar-refractivity contribution < 1.29 is 58.2 Å². The van der Waals surface area contributed by atoms with Crippen molar-refractivity contribution in [3.63, 3.8) is 0 Å². The number of carbonyl (C=O) groups is 2. The lowest BCUT2D eigenvalue weighted by molar-refractivity contribution is -0.383. The molecule has 0 saturated carbocycles. The summed E-state index contributed by atoms with van der Waals surface area (Å²) in [5.41, 5.74) is -6.80. The van der Waals surface area contributed by atoms with Crippen molar-refractivity contribution in [3.8, 4) is 0 Å². The molecule has 0 aliphatic carbocycles. The third-order valence-electron chi connectivity index (χ3n) is 2.34. The summed E-state index contributed by atoms with van der Waals surface area (Å²) in [6, 6.07) is 0. The fourth-order valence-electron chi connectivity index (χ4n) is 1.21. The summed E-state index contributed by atoms with van der Waals surface area (Å²) in [4.78, 5) is 20.8. The van der Waals surface area contributed by atoms with Crippen LogP contribution in [0.25, 0.3) is 0 Å². The van der Waals surface area contributed by atoms with Gasteiger partial charge in [0.15, 0.2) is 0 Å². The summed E-state index contributed by atoms with van der Waals surface area (Å²) < 4.78 is 128. The number of esters is 2. The smallest absolute Gasteiger partial charge is 0.386 e. The third kappa shape index (κ3) is 1.54. The Morgan fingerprint density at radius 3 is 1.55 bits per heavy atom. The van der Waals surface area contributed by atoms with Crippen molar-refractivity contribution in [3.05, 3.63) is 0 Å². The van der Waals surface area contributed by atoms with Gasteiger partial charge in [0.05, 0.1) is 0 Å². The van der Waals surface area contributed by atoms with E-state index in [-0.39, 0.29) is 0 Å². The minimum Gasteiger partial charge on any atom is -0.386 e. The number of alkyl halides is 10. The average molecular weight is 322 g/mol. The van der Waals surface area contributed by atoms with E-state index < -0.39 is 41.6 Å². The molecule has 1 atom stereocenters. The molecule has 0 amide bonds. The number of carbonyl (C=O) groups excluding carboxylic acids is 2. The molecular formula is C7F10O3. The van der Waals surface area contributed by atoms with Crippen molar-refractivity contribution in [1.29, 1.82) is 0 Å². The van der Waals surface area contributed by atoms with Crippen molar-refractivity contribution in [2.24, 2.45) is 0 Å². The number of cyclic esters (lactones) is 2. The first-order valence-electron chi connectivity index (χ1n) is 4.21. The van der Waals surface area contributed by atoms with E-state index in [2.05, 4.69) is 4.74 Å². The molecule has 1 aliphatic rings. The molecule has 20 heavy (non-hydrogen) atoms. The van der Waals surface area contributed by atoms with Gasteiger partial charge < -0.3 is 4.74 Å². The van der Waals surface area contributed by atoms with Gasteiger partial charge in [-0.15, -0.1) is 0 Å². The molecular weight excluding hydrogens is 322 g/mol. The van der Waals surface area contributed by atoms with Gasteiger partial charge in [-0.25, -0.2) is 14.0 Å². The highest BCUT2D eigenvalue weighted by Gasteiger charge is 2.93. The molecule has 0 N–H and O–H groups in total. The summed E-state index contributed by atoms with van der Waals surface area (Å²) >= 11 is 0. The molecule has 1 heterocycles. The van der Waals surface area contributed by atoms with Crippen molar-refractivity contribution in [1.82, 2.24) is 0 Å². The number of ether oxygens (including phenoxy) is 1. The third-order valence-corrected chi connectivity index (χ3v) is 2.34. The second-order valence-corrected chi connectivity index (χ2v) is 3.56. The highest BCUT2D eigenvalue weighted by Crippen LogP contribution is 2.59. The Labute approximate surface area is 101 Å². The fourth-order valence-corrected chi connectivity index (χ4v) is 1.21. The summed E-state index contributed by atoms with van der Waals surface area (Å²) in [5, 5.41) is 0. The standard InChI is InChI=1S/C7F10O3/c8-3(6(13,14)7(15,16)17)1(18)20-2(19)4(9,10)5(3,11)12. The number of hydrogen-bond acceptors (Lipinski definition) is 3. The lowest BCUT2D eigenvalue weighted by Gasteiger charge is -2.42.